The minimum Gasteiger partial charge on any atom is -0.456 e. The Labute approximate surface area is 303 Å². The summed E-state index contributed by atoms with van der Waals surface area (Å²) < 4.78 is 108. The molecule has 0 saturated carbocycles. The number of hydrogen-bond donors (Lipinski definition) is 1. The number of nitrogens with one attached hydrogen (secondary N) is 1. The normalized spacial score (nSPS) is 15.2. The van der Waals surface area contributed by atoms with Crippen LogP contribution in [0, 0.1) is 5.41 Å². The van der Waals surface area contributed by atoms with E-state index in [1.807, 2.05) is 84.9 Å². The smallest absolute Gasteiger partial charge is 0.165 e. The fourth-order valence-electron chi connectivity index (χ4n) is 5.82. The lowest BCUT2D eigenvalue weighted by Crippen LogP contribution is -2.05. The third-order valence-electron chi connectivity index (χ3n) is 8.19. The molecular weight excluding hydrogens is 615 g/mol. The van der Waals surface area contributed by atoms with E-state index in [2.05, 4.69) is 4.99 Å². The second-order valence-corrected chi connectivity index (χ2v) is 11.3. The van der Waals surface area contributed by atoms with Crippen LogP contribution in [0.3, 0.4) is 0 Å². The van der Waals surface area contributed by atoms with Gasteiger partial charge >= 0.3 is 0 Å². The lowest BCUT2D eigenvalue weighted by molar-refractivity contribution is 0.668. The second-order valence-electron chi connectivity index (χ2n) is 11.3. The molecule has 7 aromatic carbocycles. The van der Waals surface area contributed by atoms with E-state index in [9.17, 15) is 8.15 Å². The summed E-state index contributed by atoms with van der Waals surface area (Å²) >= 11 is 0. The number of nitrogens with zero attached hydrogens (tertiary/aromatic N) is 2. The summed E-state index contributed by atoms with van der Waals surface area (Å²) in [6.07, 6.45) is 1.58. The van der Waals surface area contributed by atoms with E-state index in [1.165, 1.54) is 0 Å². The third kappa shape index (κ3) is 5.37. The van der Waals surface area contributed by atoms with E-state index < -0.39 is 89.0 Å². The minimum absolute atomic E-state index is 0.0146. The summed E-state index contributed by atoms with van der Waals surface area (Å²) in [5.74, 6) is -0.655. The van der Waals surface area contributed by atoms with Gasteiger partial charge in [0.15, 0.2) is 11.7 Å². The van der Waals surface area contributed by atoms with Crippen molar-refractivity contribution in [3.05, 3.63) is 180 Å². The first-order valence-corrected chi connectivity index (χ1v) is 15.6. The molecule has 0 aliphatic carbocycles. The Kier molecular flexibility index (Phi) is 4.89. The van der Waals surface area contributed by atoms with Crippen molar-refractivity contribution < 1.29 is 23.9 Å². The molecule has 2 heterocycles. The standard InChI is InChI=1S/C45H29N3O2/c46-44(34-22-24-42-39(27-34)38-26-33(21-23-41(38)49-42)31-14-5-2-6-15-31)48-45(37-19-10-18-36-35-17-7-8-20-40(35)50-43(36)37)47-28-29-11-9-16-32(25-29)30-12-3-1-4-13-30/h1-28,46H/i2D,5D,6D,14D,15D,21D,22D,23D,24D,26D,27D. The van der Waals surface area contributed by atoms with Crippen LogP contribution in [0.25, 0.3) is 66.1 Å². The van der Waals surface area contributed by atoms with E-state index in [4.69, 9.17) is 26.2 Å². The zero-order chi connectivity index (χ0) is 43.0. The van der Waals surface area contributed by atoms with Crippen LogP contribution in [0.2, 0.25) is 0 Å². The van der Waals surface area contributed by atoms with Crippen molar-refractivity contribution in [2.24, 2.45) is 9.98 Å². The van der Waals surface area contributed by atoms with E-state index in [-0.39, 0.29) is 27.8 Å². The molecule has 0 atom stereocenters. The van der Waals surface area contributed by atoms with Gasteiger partial charge < -0.3 is 8.83 Å². The van der Waals surface area contributed by atoms with Crippen molar-refractivity contribution in [1.29, 1.82) is 5.41 Å². The van der Waals surface area contributed by atoms with Crippen LogP contribution >= 0.6 is 0 Å². The number of benzene rings is 7. The number of fused-ring (bicyclic) bond motifs is 6. The topological polar surface area (TPSA) is 74.8 Å². The second kappa shape index (κ2) is 12.3. The van der Waals surface area contributed by atoms with Gasteiger partial charge in [0, 0.05) is 33.3 Å². The highest BCUT2D eigenvalue weighted by Crippen LogP contribution is 2.34. The largest absolute Gasteiger partial charge is 0.456 e. The highest BCUT2D eigenvalue weighted by atomic mass is 16.3. The molecule has 0 unspecified atom stereocenters. The van der Waals surface area contributed by atoms with Gasteiger partial charge in [-0.1, -0.05) is 115 Å². The van der Waals surface area contributed by atoms with Crippen molar-refractivity contribution in [1.82, 2.24) is 0 Å². The molecule has 0 saturated heterocycles. The predicted molar refractivity (Wildman–Crippen MR) is 206 cm³/mol. The van der Waals surface area contributed by atoms with Crippen LogP contribution in [-0.2, 0) is 0 Å². The Balaban J connectivity index is 1.27. The predicted octanol–water partition coefficient (Wildman–Crippen LogP) is 11.7. The van der Waals surface area contributed by atoms with E-state index >= 15 is 0 Å². The van der Waals surface area contributed by atoms with Gasteiger partial charge in [-0.15, -0.1) is 0 Å². The van der Waals surface area contributed by atoms with Gasteiger partial charge in [-0.2, -0.15) is 0 Å². The molecule has 9 rings (SSSR count). The minimum atomic E-state index is -0.707. The zero-order valence-corrected chi connectivity index (χ0v) is 26.0. The summed E-state index contributed by atoms with van der Waals surface area (Å²) in [6, 6.07) is 23.2. The molecule has 5 heteroatoms. The number of aliphatic imine (C=N–C) groups is 2. The molecule has 0 radical (unpaired) electrons. The van der Waals surface area contributed by atoms with Crippen molar-refractivity contribution in [2.45, 2.75) is 0 Å². The lowest BCUT2D eigenvalue weighted by atomic mass is 10.0. The third-order valence-corrected chi connectivity index (χ3v) is 8.19. The Morgan fingerprint density at radius 3 is 2.20 bits per heavy atom. The van der Waals surface area contributed by atoms with Crippen LogP contribution in [0.4, 0.5) is 0 Å². The lowest BCUT2D eigenvalue weighted by Gasteiger charge is -2.06. The Bertz CT molecular complexity index is 3380. The number of rotatable bonds is 5. The van der Waals surface area contributed by atoms with Gasteiger partial charge in [0.2, 0.25) is 0 Å². The van der Waals surface area contributed by atoms with Gasteiger partial charge in [-0.05, 0) is 76.2 Å². The molecule has 1 N–H and O–H groups in total. The number of hydrogen-bond acceptors (Lipinski definition) is 3. The van der Waals surface area contributed by atoms with Crippen LogP contribution in [0.5, 0.6) is 0 Å². The molecule has 0 aliphatic rings. The van der Waals surface area contributed by atoms with Crippen molar-refractivity contribution in [3.8, 4) is 22.3 Å². The van der Waals surface area contributed by atoms with Gasteiger partial charge in [0.1, 0.15) is 22.3 Å². The van der Waals surface area contributed by atoms with Crippen LogP contribution in [0.1, 0.15) is 31.8 Å². The molecular formula is C45H29N3O2. The SMILES string of the molecule is [2H]c1c([2H])c([2H])c(-c2c([2H])c([2H])c3oc4c([2H])c([2H])c(C(=N)N=C(N=Cc5cccc(-c6ccccc6)c5)c5cccc6c5oc5ccccc56)c([2H])c4c3c2[2H])c([2H])c1[2H]. The van der Waals surface area contributed by atoms with Gasteiger partial charge in [-0.25, -0.2) is 9.98 Å². The van der Waals surface area contributed by atoms with Gasteiger partial charge in [0.25, 0.3) is 0 Å². The molecule has 9 aromatic rings. The van der Waals surface area contributed by atoms with Crippen LogP contribution < -0.4 is 0 Å². The van der Waals surface area contributed by atoms with Crippen LogP contribution in [0.15, 0.2) is 182 Å². The maximum absolute atomic E-state index is 9.40. The summed E-state index contributed by atoms with van der Waals surface area (Å²) in [7, 11) is 0. The van der Waals surface area contributed by atoms with Gasteiger partial charge in [-0.3, -0.25) is 5.41 Å². The molecule has 50 heavy (non-hydrogen) atoms. The number of amidine groups is 2. The van der Waals surface area contributed by atoms with E-state index in [0.717, 1.165) is 21.9 Å². The number of furan rings is 2. The van der Waals surface area contributed by atoms with Crippen molar-refractivity contribution in [2.75, 3.05) is 0 Å². The molecule has 0 bridgehead atoms. The summed E-state index contributed by atoms with van der Waals surface area (Å²) in [6.45, 7) is 0. The molecule has 0 fully saturated rings. The molecule has 2 aromatic heterocycles. The molecule has 0 spiro atoms. The zero-order valence-electron chi connectivity index (χ0n) is 37.0. The number of para-hydroxylation sites is 2. The van der Waals surface area contributed by atoms with Crippen molar-refractivity contribution >= 4 is 61.8 Å². The molecule has 236 valence electrons. The average Bonchev–Trinajstić information content (AvgIpc) is 3.87. The molecule has 0 amide bonds. The van der Waals surface area contributed by atoms with E-state index in [0.29, 0.717) is 22.3 Å². The first kappa shape index (κ1) is 19.8. The van der Waals surface area contributed by atoms with E-state index in [1.54, 1.807) is 18.3 Å². The maximum Gasteiger partial charge on any atom is 0.165 e. The highest BCUT2D eigenvalue weighted by molar-refractivity contribution is 6.20. The maximum atomic E-state index is 9.40. The highest BCUT2D eigenvalue weighted by Gasteiger charge is 2.16. The quantitative estimate of drug-likeness (QED) is 0.148. The Hall–Kier alpha value is -6.85. The fraction of sp³-hybridized carbons (Fsp3) is 0. The Morgan fingerprint density at radius 2 is 1.32 bits per heavy atom. The monoisotopic (exact) mass is 654 g/mol. The van der Waals surface area contributed by atoms with Crippen LogP contribution in [-0.4, -0.2) is 17.9 Å². The summed E-state index contributed by atoms with van der Waals surface area (Å²) in [5.41, 5.74) is 1.92. The fourth-order valence-corrected chi connectivity index (χ4v) is 5.82. The molecule has 0 aliphatic heterocycles. The Morgan fingerprint density at radius 1 is 0.580 bits per heavy atom. The summed E-state index contributed by atoms with van der Waals surface area (Å²) in [5, 5.41) is 10.4. The first-order chi connectivity index (χ1) is 29.3. The molecule has 5 nitrogen and oxygen atoms in total. The summed E-state index contributed by atoms with van der Waals surface area (Å²) in [4.78, 5) is 9.37. The van der Waals surface area contributed by atoms with Gasteiger partial charge in [0.05, 0.1) is 20.6 Å². The average molecular weight is 655 g/mol. The first-order valence-electron chi connectivity index (χ1n) is 21.1. The van der Waals surface area contributed by atoms with Crippen molar-refractivity contribution in [3.63, 3.8) is 0 Å².